The van der Waals surface area contributed by atoms with Crippen LogP contribution in [0.25, 0.3) is 6.08 Å². The van der Waals surface area contributed by atoms with Crippen molar-refractivity contribution in [2.75, 3.05) is 32.0 Å². The molecule has 1 aliphatic rings. The largest absolute Gasteiger partial charge is 0.861 e. The number of carbonyl (C=O) groups excluding carboxylic acids is 1. The number of aromatic nitrogens is 2. The number of nitrogens with zero attached hydrogens (tertiary/aromatic N) is 5. The highest BCUT2D eigenvalue weighted by Crippen LogP contribution is 2.39. The number of ether oxygens (including phenoxy) is 3. The molecule has 38 heavy (non-hydrogen) atoms. The Morgan fingerprint density at radius 1 is 1.16 bits per heavy atom. The number of thioether (sulfide) groups is 1. The first-order chi connectivity index (χ1) is 18.3. The molecule has 0 spiro atoms. The Labute approximate surface area is 224 Å². The highest BCUT2D eigenvalue weighted by molar-refractivity contribution is 8.14. The molecule has 0 atom stereocenters. The summed E-state index contributed by atoms with van der Waals surface area (Å²) in [5, 5.41) is 16.7. The fourth-order valence-electron chi connectivity index (χ4n) is 3.56. The first kappa shape index (κ1) is 26.7. The third kappa shape index (κ3) is 5.80. The number of amidine groups is 1. The summed E-state index contributed by atoms with van der Waals surface area (Å²) in [5.74, 6) is 0.583. The molecular weight excluding hydrogens is 510 g/mol. The summed E-state index contributed by atoms with van der Waals surface area (Å²) in [6.07, 6.45) is 3.18. The van der Waals surface area contributed by atoms with Gasteiger partial charge in [-0.2, -0.15) is 0 Å². The van der Waals surface area contributed by atoms with E-state index in [1.54, 1.807) is 41.2 Å². The Morgan fingerprint density at radius 2 is 1.84 bits per heavy atom. The lowest BCUT2D eigenvalue weighted by Crippen LogP contribution is -2.36. The molecule has 1 aliphatic heterocycles. The fraction of sp³-hybridized carbons (Fsp3) is 0.269. The summed E-state index contributed by atoms with van der Waals surface area (Å²) in [6, 6.07) is 12.6. The predicted octanol–water partition coefficient (Wildman–Crippen LogP) is 3.14. The molecular formula is C26H27N5O6S. The fourth-order valence-corrected chi connectivity index (χ4v) is 4.36. The number of amides is 1. The molecule has 0 fully saturated rings. The molecule has 0 radical (unpaired) electrons. The molecule has 1 amide bonds. The Hall–Kier alpha value is -4.32. The summed E-state index contributed by atoms with van der Waals surface area (Å²) >= 11 is 1.10. The number of para-hydroxylation sites is 1. The zero-order chi connectivity index (χ0) is 27.2. The van der Waals surface area contributed by atoms with Crippen LogP contribution in [0.3, 0.4) is 0 Å². The number of benzene rings is 2. The summed E-state index contributed by atoms with van der Waals surface area (Å²) in [5.41, 5.74) is 1.43. The minimum Gasteiger partial charge on any atom is -0.861 e. The van der Waals surface area contributed by atoms with Gasteiger partial charge in [-0.15, -0.1) is 0 Å². The van der Waals surface area contributed by atoms with Crippen molar-refractivity contribution < 1.29 is 33.3 Å². The molecule has 2 aromatic carbocycles. The molecule has 1 aromatic heterocycles. The van der Waals surface area contributed by atoms with Crippen molar-refractivity contribution >= 4 is 46.4 Å². The molecule has 0 bridgehead atoms. The van der Waals surface area contributed by atoms with Crippen molar-refractivity contribution in [1.82, 2.24) is 5.27 Å². The lowest BCUT2D eigenvalue weighted by atomic mass is 10.1. The van der Waals surface area contributed by atoms with Crippen molar-refractivity contribution in [2.24, 2.45) is 9.98 Å². The van der Waals surface area contributed by atoms with Gasteiger partial charge in [-0.1, -0.05) is 30.0 Å². The van der Waals surface area contributed by atoms with E-state index in [-0.39, 0.29) is 29.3 Å². The number of anilines is 1. The van der Waals surface area contributed by atoms with Crippen LogP contribution in [0, 0.1) is 0 Å². The van der Waals surface area contributed by atoms with Gasteiger partial charge in [-0.05, 0) is 60.3 Å². The normalized spacial score (nSPS) is 14.8. The van der Waals surface area contributed by atoms with Gasteiger partial charge in [-0.3, -0.25) is 14.2 Å². The van der Waals surface area contributed by atoms with Gasteiger partial charge in [0.15, 0.2) is 22.7 Å². The van der Waals surface area contributed by atoms with Gasteiger partial charge in [0.05, 0.1) is 27.0 Å². The Balaban J connectivity index is 1.64. The van der Waals surface area contributed by atoms with Gasteiger partial charge in [0.25, 0.3) is 12.1 Å². The van der Waals surface area contributed by atoms with E-state index in [9.17, 15) is 9.90 Å². The quantitative estimate of drug-likeness (QED) is 0.176. The highest BCUT2D eigenvalue weighted by Gasteiger charge is 2.32. The maximum absolute atomic E-state index is 13.5. The maximum atomic E-state index is 13.5. The first-order valence-corrected chi connectivity index (χ1v) is 12.6. The number of hydrogen-bond donors (Lipinski definition) is 0. The SMILES string of the molecule is COc1cc(/C=C2/N=C(SC/C([O-])=N/c3c[n+](C(C)C)no3)N(c3ccccc3)C2=O)cc(OC)c1OC. The van der Waals surface area contributed by atoms with Crippen LogP contribution in [-0.2, 0) is 4.79 Å². The number of rotatable bonds is 9. The topological polar surface area (TPSA) is 126 Å². The first-order valence-electron chi connectivity index (χ1n) is 11.6. The standard InChI is InChI=1S/C26H27N5O6S/c1-16(2)30-14-23(37-29-30)28-22(32)15-38-26-27-19(25(33)31(26)18-9-7-6-8-10-18)11-17-12-20(34-3)24(36-5)21(13-17)35-4/h6-14,16H,15H2,1-5H3/b19-11+. The molecule has 2 heterocycles. The average Bonchev–Trinajstić information content (AvgIpc) is 3.51. The molecule has 198 valence electrons. The molecule has 11 nitrogen and oxygen atoms in total. The molecule has 0 aliphatic carbocycles. The predicted molar refractivity (Wildman–Crippen MR) is 142 cm³/mol. The average molecular weight is 538 g/mol. The van der Waals surface area contributed by atoms with Gasteiger partial charge < -0.3 is 19.3 Å². The smallest absolute Gasteiger partial charge is 0.320 e. The molecule has 0 saturated heterocycles. The van der Waals surface area contributed by atoms with Crippen molar-refractivity contribution in [3.63, 3.8) is 0 Å². The summed E-state index contributed by atoms with van der Waals surface area (Å²) in [6.45, 7) is 3.86. The number of methoxy groups -OCH3 is 3. The third-order valence-corrected chi connectivity index (χ3v) is 6.32. The third-order valence-electron chi connectivity index (χ3n) is 5.39. The zero-order valence-corrected chi connectivity index (χ0v) is 22.4. The van der Waals surface area contributed by atoms with Crippen LogP contribution >= 0.6 is 11.8 Å². The van der Waals surface area contributed by atoms with Crippen LogP contribution in [0.4, 0.5) is 11.6 Å². The number of carbonyl (C=O) groups is 1. The van der Waals surface area contributed by atoms with Gasteiger partial charge in [0, 0.05) is 5.75 Å². The lowest BCUT2D eigenvalue weighted by Gasteiger charge is -2.18. The van der Waals surface area contributed by atoms with Crippen LogP contribution in [0.1, 0.15) is 25.5 Å². The molecule has 0 unspecified atom stereocenters. The second-order valence-electron chi connectivity index (χ2n) is 8.27. The van der Waals surface area contributed by atoms with E-state index < -0.39 is 5.90 Å². The molecule has 3 aromatic rings. The summed E-state index contributed by atoms with van der Waals surface area (Å²) < 4.78 is 22.9. The Bertz CT molecular complexity index is 1380. The second kappa shape index (κ2) is 11.8. The summed E-state index contributed by atoms with van der Waals surface area (Å²) in [7, 11) is 4.55. The van der Waals surface area contributed by atoms with Gasteiger partial charge in [0.1, 0.15) is 5.70 Å². The molecule has 0 saturated carbocycles. The van der Waals surface area contributed by atoms with E-state index in [2.05, 4.69) is 15.3 Å². The Kier molecular flexibility index (Phi) is 8.31. The molecule has 0 N–H and O–H groups in total. The molecule has 12 heteroatoms. The van der Waals surface area contributed by atoms with Crippen LogP contribution in [0.2, 0.25) is 0 Å². The number of hydrogen-bond acceptors (Lipinski definition) is 10. The van der Waals surface area contributed by atoms with Crippen molar-refractivity contribution in [3.8, 4) is 17.2 Å². The van der Waals surface area contributed by atoms with Crippen molar-refractivity contribution in [1.29, 1.82) is 0 Å². The van der Waals surface area contributed by atoms with Crippen LogP contribution in [0.5, 0.6) is 17.2 Å². The van der Waals surface area contributed by atoms with Crippen molar-refractivity contribution in [3.05, 3.63) is 59.9 Å². The zero-order valence-electron chi connectivity index (χ0n) is 21.6. The van der Waals surface area contributed by atoms with E-state index in [1.165, 1.54) is 26.2 Å². The lowest BCUT2D eigenvalue weighted by molar-refractivity contribution is -0.779. The van der Waals surface area contributed by atoms with E-state index in [1.807, 2.05) is 32.0 Å². The minimum absolute atomic E-state index is 0.0602. The summed E-state index contributed by atoms with van der Waals surface area (Å²) in [4.78, 5) is 23.4. The van der Waals surface area contributed by atoms with E-state index in [4.69, 9.17) is 18.7 Å². The highest BCUT2D eigenvalue weighted by atomic mass is 32.2. The Morgan fingerprint density at radius 3 is 2.42 bits per heavy atom. The maximum Gasteiger partial charge on any atom is 0.320 e. The molecule has 4 rings (SSSR count). The van der Waals surface area contributed by atoms with Gasteiger partial charge >= 0.3 is 5.88 Å². The monoisotopic (exact) mass is 537 g/mol. The van der Waals surface area contributed by atoms with E-state index in [0.29, 0.717) is 33.7 Å². The second-order valence-corrected chi connectivity index (χ2v) is 9.21. The van der Waals surface area contributed by atoms with E-state index >= 15 is 0 Å². The van der Waals surface area contributed by atoms with Gasteiger partial charge in [-0.25, -0.2) is 9.98 Å². The van der Waals surface area contributed by atoms with Crippen LogP contribution < -0.4 is 28.9 Å². The minimum atomic E-state index is -0.452. The van der Waals surface area contributed by atoms with Crippen molar-refractivity contribution in [2.45, 2.75) is 19.9 Å². The van der Waals surface area contributed by atoms with Gasteiger partial charge in [0.2, 0.25) is 11.0 Å². The number of aliphatic imine (C=N–C) groups is 2. The van der Waals surface area contributed by atoms with E-state index in [0.717, 1.165) is 11.8 Å². The van der Waals surface area contributed by atoms with Crippen LogP contribution in [0.15, 0.2) is 68.9 Å². The van der Waals surface area contributed by atoms with Crippen LogP contribution in [-0.4, -0.2) is 49.3 Å².